The van der Waals surface area contributed by atoms with Crippen molar-refractivity contribution in [2.75, 3.05) is 0 Å². The number of hydrogen-bond acceptors (Lipinski definition) is 2. The summed E-state index contributed by atoms with van der Waals surface area (Å²) < 4.78 is 0. The summed E-state index contributed by atoms with van der Waals surface area (Å²) in [5.41, 5.74) is 0.496. The van der Waals surface area contributed by atoms with Gasteiger partial charge in [0, 0.05) is 12.0 Å². The average molecular weight is 292 g/mol. The summed E-state index contributed by atoms with van der Waals surface area (Å²) in [6, 6.07) is 9.44. The van der Waals surface area contributed by atoms with E-state index in [1.807, 2.05) is 51.1 Å². The van der Waals surface area contributed by atoms with Gasteiger partial charge in [0.2, 0.25) is 0 Å². The molecule has 3 N–H and O–H groups in total. The van der Waals surface area contributed by atoms with Crippen LogP contribution in [0.25, 0.3) is 0 Å². The molecule has 5 heteroatoms. The van der Waals surface area contributed by atoms with Crippen molar-refractivity contribution in [1.82, 2.24) is 10.6 Å². The molecule has 1 unspecified atom stereocenters. The lowest BCUT2D eigenvalue weighted by Crippen LogP contribution is -2.49. The van der Waals surface area contributed by atoms with Crippen LogP contribution in [0.2, 0.25) is 0 Å². The summed E-state index contributed by atoms with van der Waals surface area (Å²) in [4.78, 5) is 22.7. The van der Waals surface area contributed by atoms with E-state index < -0.39 is 11.5 Å². The number of urea groups is 1. The molecule has 116 valence electrons. The van der Waals surface area contributed by atoms with Gasteiger partial charge in [-0.3, -0.25) is 4.79 Å². The Balaban J connectivity index is 2.57. The van der Waals surface area contributed by atoms with Crippen molar-refractivity contribution in [1.29, 1.82) is 0 Å². The van der Waals surface area contributed by atoms with Gasteiger partial charge in [0.1, 0.15) is 0 Å². The highest BCUT2D eigenvalue weighted by atomic mass is 16.4. The maximum absolute atomic E-state index is 12.1. The molecule has 0 spiro atoms. The number of hydrogen-bond donors (Lipinski definition) is 3. The third-order valence-corrected chi connectivity index (χ3v) is 3.33. The van der Waals surface area contributed by atoms with Gasteiger partial charge >= 0.3 is 12.0 Å². The Hall–Kier alpha value is -2.04. The van der Waals surface area contributed by atoms with Crippen molar-refractivity contribution in [3.05, 3.63) is 35.9 Å². The first kappa shape index (κ1) is 17.0. The lowest BCUT2D eigenvalue weighted by Gasteiger charge is -2.27. The van der Waals surface area contributed by atoms with Crippen LogP contribution in [0.1, 0.15) is 51.6 Å². The van der Waals surface area contributed by atoms with E-state index in [9.17, 15) is 9.59 Å². The number of carbonyl (C=O) groups is 2. The zero-order valence-corrected chi connectivity index (χ0v) is 12.8. The maximum Gasteiger partial charge on any atom is 0.315 e. The SMILES string of the molecule is CCC(NC(=O)NC(C)(C)CCC(=O)O)c1ccccc1. The molecular weight excluding hydrogens is 268 g/mol. The third-order valence-electron chi connectivity index (χ3n) is 3.33. The van der Waals surface area contributed by atoms with Crippen LogP contribution in [0.15, 0.2) is 30.3 Å². The summed E-state index contributed by atoms with van der Waals surface area (Å²) in [5, 5.41) is 14.5. The molecule has 0 heterocycles. The van der Waals surface area contributed by atoms with Gasteiger partial charge in [-0.05, 0) is 32.3 Å². The predicted octanol–water partition coefficient (Wildman–Crippen LogP) is 3.08. The second-order valence-electron chi connectivity index (χ2n) is 5.75. The minimum atomic E-state index is -0.860. The first-order valence-corrected chi connectivity index (χ1v) is 7.19. The highest BCUT2D eigenvalue weighted by Gasteiger charge is 2.22. The van der Waals surface area contributed by atoms with Crippen LogP contribution in [-0.2, 0) is 4.79 Å². The molecule has 2 amide bonds. The lowest BCUT2D eigenvalue weighted by atomic mass is 9.98. The van der Waals surface area contributed by atoms with Crippen LogP contribution in [0.4, 0.5) is 4.79 Å². The van der Waals surface area contributed by atoms with E-state index in [0.29, 0.717) is 6.42 Å². The van der Waals surface area contributed by atoms with E-state index in [1.54, 1.807) is 0 Å². The fraction of sp³-hybridized carbons (Fsp3) is 0.500. The summed E-state index contributed by atoms with van der Waals surface area (Å²) in [5.74, 6) is -0.860. The first-order valence-electron chi connectivity index (χ1n) is 7.19. The van der Waals surface area contributed by atoms with Crippen molar-refractivity contribution < 1.29 is 14.7 Å². The number of carbonyl (C=O) groups excluding carboxylic acids is 1. The molecule has 0 radical (unpaired) electrons. The molecule has 0 aliphatic rings. The van der Waals surface area contributed by atoms with Gasteiger partial charge in [-0.2, -0.15) is 0 Å². The molecule has 5 nitrogen and oxygen atoms in total. The number of amides is 2. The van der Waals surface area contributed by atoms with Gasteiger partial charge in [0.15, 0.2) is 0 Å². The topological polar surface area (TPSA) is 78.4 Å². The Morgan fingerprint density at radius 1 is 1.24 bits per heavy atom. The summed E-state index contributed by atoms with van der Waals surface area (Å²) in [6.07, 6.45) is 1.20. The van der Waals surface area contributed by atoms with Crippen molar-refractivity contribution in [2.45, 2.75) is 51.6 Å². The second kappa shape index (κ2) is 7.67. The molecule has 1 aromatic carbocycles. The van der Waals surface area contributed by atoms with Crippen LogP contribution in [0, 0.1) is 0 Å². The zero-order chi connectivity index (χ0) is 15.9. The normalized spacial score (nSPS) is 12.5. The van der Waals surface area contributed by atoms with E-state index >= 15 is 0 Å². The molecule has 1 aromatic rings. The third kappa shape index (κ3) is 6.29. The standard InChI is InChI=1S/C16H24N2O3/c1-4-13(12-8-6-5-7-9-12)17-15(21)18-16(2,3)11-10-14(19)20/h5-9,13H,4,10-11H2,1-3H3,(H,19,20)(H2,17,18,21). The Morgan fingerprint density at radius 2 is 1.86 bits per heavy atom. The zero-order valence-electron chi connectivity index (χ0n) is 12.8. The van der Waals surface area contributed by atoms with Gasteiger partial charge < -0.3 is 15.7 Å². The Bertz CT molecular complexity index is 472. The van der Waals surface area contributed by atoms with E-state index in [1.165, 1.54) is 0 Å². The summed E-state index contributed by atoms with van der Waals surface area (Å²) >= 11 is 0. The molecule has 0 bridgehead atoms. The van der Waals surface area contributed by atoms with E-state index in [2.05, 4.69) is 10.6 Å². The van der Waals surface area contributed by atoms with E-state index in [0.717, 1.165) is 12.0 Å². The highest BCUT2D eigenvalue weighted by Crippen LogP contribution is 2.16. The van der Waals surface area contributed by atoms with E-state index in [-0.39, 0.29) is 18.5 Å². The molecule has 0 fully saturated rings. The first-order chi connectivity index (χ1) is 9.84. The Morgan fingerprint density at radius 3 is 2.38 bits per heavy atom. The monoisotopic (exact) mass is 292 g/mol. The molecule has 1 atom stereocenters. The number of rotatable bonds is 7. The fourth-order valence-electron chi connectivity index (χ4n) is 2.09. The van der Waals surface area contributed by atoms with Crippen molar-refractivity contribution in [3.63, 3.8) is 0 Å². The van der Waals surface area contributed by atoms with Crippen molar-refractivity contribution in [2.24, 2.45) is 0 Å². The second-order valence-corrected chi connectivity index (χ2v) is 5.75. The molecule has 0 aliphatic heterocycles. The van der Waals surface area contributed by atoms with Crippen LogP contribution in [0.5, 0.6) is 0 Å². The van der Waals surface area contributed by atoms with Gasteiger partial charge in [0.05, 0.1) is 6.04 Å². The largest absolute Gasteiger partial charge is 0.481 e. The Labute approximate surface area is 125 Å². The number of aliphatic carboxylic acids is 1. The number of benzene rings is 1. The maximum atomic E-state index is 12.1. The summed E-state index contributed by atoms with van der Waals surface area (Å²) in [7, 11) is 0. The fourth-order valence-corrected chi connectivity index (χ4v) is 2.09. The van der Waals surface area contributed by atoms with Crippen molar-refractivity contribution in [3.8, 4) is 0 Å². The molecule has 0 saturated carbocycles. The summed E-state index contributed by atoms with van der Waals surface area (Å²) in [6.45, 7) is 5.64. The minimum absolute atomic E-state index is 0.0309. The van der Waals surface area contributed by atoms with Gasteiger partial charge in [-0.1, -0.05) is 37.3 Å². The van der Waals surface area contributed by atoms with Crippen LogP contribution >= 0.6 is 0 Å². The molecule has 0 saturated heterocycles. The van der Waals surface area contributed by atoms with Gasteiger partial charge in [-0.15, -0.1) is 0 Å². The van der Waals surface area contributed by atoms with Gasteiger partial charge in [0.25, 0.3) is 0 Å². The quantitative estimate of drug-likeness (QED) is 0.722. The number of nitrogens with one attached hydrogen (secondary N) is 2. The molecule has 0 aromatic heterocycles. The predicted molar refractivity (Wildman–Crippen MR) is 82.1 cm³/mol. The lowest BCUT2D eigenvalue weighted by molar-refractivity contribution is -0.137. The average Bonchev–Trinajstić information content (AvgIpc) is 2.43. The van der Waals surface area contributed by atoms with Crippen LogP contribution < -0.4 is 10.6 Å². The van der Waals surface area contributed by atoms with Gasteiger partial charge in [-0.25, -0.2) is 4.79 Å². The molecule has 21 heavy (non-hydrogen) atoms. The molecular formula is C16H24N2O3. The number of carboxylic acid groups (broad SMARTS) is 1. The highest BCUT2D eigenvalue weighted by molar-refractivity contribution is 5.75. The molecule has 1 rings (SSSR count). The molecule has 0 aliphatic carbocycles. The smallest absolute Gasteiger partial charge is 0.315 e. The van der Waals surface area contributed by atoms with Crippen molar-refractivity contribution >= 4 is 12.0 Å². The van der Waals surface area contributed by atoms with Crippen LogP contribution in [-0.4, -0.2) is 22.6 Å². The Kier molecular flexibility index (Phi) is 6.21. The van der Waals surface area contributed by atoms with E-state index in [4.69, 9.17) is 5.11 Å². The minimum Gasteiger partial charge on any atom is -0.481 e. The number of carboxylic acids is 1. The van der Waals surface area contributed by atoms with Crippen LogP contribution in [0.3, 0.4) is 0 Å².